The molecular weight excluding hydrogens is 374 g/mol. The van der Waals surface area contributed by atoms with E-state index in [1.165, 1.54) is 10.9 Å². The number of nitrogen functional groups attached to an aromatic ring is 1. The summed E-state index contributed by atoms with van der Waals surface area (Å²) in [6.07, 6.45) is 2.27. The molecule has 0 radical (unpaired) electrons. The fraction of sp³-hybridized carbons (Fsp3) is 0.450. The molecule has 3 N–H and O–H groups in total. The monoisotopic (exact) mass is 401 g/mol. The van der Waals surface area contributed by atoms with Crippen LogP contribution in [0.1, 0.15) is 34.1 Å². The molecule has 1 fully saturated rings. The third-order valence-corrected chi connectivity index (χ3v) is 4.72. The third-order valence-electron chi connectivity index (χ3n) is 4.72. The van der Waals surface area contributed by atoms with Crippen LogP contribution in [0.5, 0.6) is 0 Å². The molecular formula is C20H27N5O4. The highest BCUT2D eigenvalue weighted by Crippen LogP contribution is 2.18. The Morgan fingerprint density at radius 2 is 1.97 bits per heavy atom. The maximum absolute atomic E-state index is 12.3. The van der Waals surface area contributed by atoms with Gasteiger partial charge >= 0.3 is 5.97 Å². The van der Waals surface area contributed by atoms with Crippen LogP contribution in [0.4, 0.5) is 5.82 Å². The average Bonchev–Trinajstić information content (AvgIpc) is 3.13. The van der Waals surface area contributed by atoms with E-state index in [0.717, 1.165) is 39.3 Å². The summed E-state index contributed by atoms with van der Waals surface area (Å²) in [6, 6.07) is 6.89. The van der Waals surface area contributed by atoms with Gasteiger partial charge in [-0.3, -0.25) is 9.69 Å². The number of carbonyl (C=O) groups excluding carboxylic acids is 2. The number of benzene rings is 1. The van der Waals surface area contributed by atoms with E-state index in [0.29, 0.717) is 17.8 Å². The molecule has 156 valence electrons. The molecule has 9 nitrogen and oxygen atoms in total. The van der Waals surface area contributed by atoms with Crippen molar-refractivity contribution in [3.8, 4) is 5.69 Å². The van der Waals surface area contributed by atoms with Gasteiger partial charge in [0, 0.05) is 25.2 Å². The minimum absolute atomic E-state index is 0.126. The second-order valence-electron chi connectivity index (χ2n) is 6.69. The van der Waals surface area contributed by atoms with Crippen LogP contribution in [0.25, 0.3) is 5.69 Å². The van der Waals surface area contributed by atoms with Crippen LogP contribution in [0.3, 0.4) is 0 Å². The Morgan fingerprint density at radius 1 is 1.24 bits per heavy atom. The molecule has 0 bridgehead atoms. The second-order valence-corrected chi connectivity index (χ2v) is 6.69. The number of nitrogens with zero attached hydrogens (tertiary/aromatic N) is 3. The van der Waals surface area contributed by atoms with Gasteiger partial charge in [0.2, 0.25) is 0 Å². The van der Waals surface area contributed by atoms with Gasteiger partial charge in [-0.2, -0.15) is 5.10 Å². The van der Waals surface area contributed by atoms with E-state index in [1.54, 1.807) is 31.2 Å². The molecule has 1 aromatic heterocycles. The SMILES string of the molecule is CCOC(=O)c1cnn(-c2ccc(C(=O)NCCCN3CCOCC3)cc2)c1N. The van der Waals surface area contributed by atoms with Gasteiger partial charge in [-0.15, -0.1) is 0 Å². The largest absolute Gasteiger partial charge is 0.462 e. The van der Waals surface area contributed by atoms with Crippen molar-refractivity contribution in [2.45, 2.75) is 13.3 Å². The van der Waals surface area contributed by atoms with E-state index in [2.05, 4.69) is 15.3 Å². The summed E-state index contributed by atoms with van der Waals surface area (Å²) in [6.45, 7) is 7.01. The molecule has 1 aliphatic rings. The number of nitrogens with two attached hydrogens (primary N) is 1. The van der Waals surface area contributed by atoms with E-state index in [4.69, 9.17) is 15.2 Å². The summed E-state index contributed by atoms with van der Waals surface area (Å²) in [4.78, 5) is 26.5. The number of anilines is 1. The van der Waals surface area contributed by atoms with E-state index in [9.17, 15) is 9.59 Å². The minimum Gasteiger partial charge on any atom is -0.462 e. The zero-order chi connectivity index (χ0) is 20.6. The van der Waals surface area contributed by atoms with Crippen molar-refractivity contribution in [3.63, 3.8) is 0 Å². The lowest BCUT2D eigenvalue weighted by atomic mass is 10.2. The van der Waals surface area contributed by atoms with Gasteiger partial charge < -0.3 is 20.5 Å². The molecule has 1 saturated heterocycles. The molecule has 0 saturated carbocycles. The summed E-state index contributed by atoms with van der Waals surface area (Å²) in [7, 11) is 0. The molecule has 2 aromatic rings. The Hall–Kier alpha value is -2.91. The number of morpholine rings is 1. The Kier molecular flexibility index (Phi) is 7.20. The first-order valence-corrected chi connectivity index (χ1v) is 9.79. The molecule has 3 rings (SSSR count). The van der Waals surface area contributed by atoms with Crippen LogP contribution in [-0.2, 0) is 9.47 Å². The zero-order valence-electron chi connectivity index (χ0n) is 16.6. The summed E-state index contributed by atoms with van der Waals surface area (Å²) in [5, 5.41) is 7.08. The van der Waals surface area contributed by atoms with Gasteiger partial charge in [0.05, 0.1) is 31.7 Å². The minimum atomic E-state index is -0.510. The van der Waals surface area contributed by atoms with E-state index < -0.39 is 5.97 Å². The molecule has 0 aliphatic carbocycles. The number of hydrogen-bond donors (Lipinski definition) is 2. The number of ether oxygens (including phenoxy) is 2. The highest BCUT2D eigenvalue weighted by Gasteiger charge is 2.17. The number of amides is 1. The third kappa shape index (κ3) is 5.33. The Bertz CT molecular complexity index is 828. The summed E-state index contributed by atoms with van der Waals surface area (Å²) < 4.78 is 11.7. The fourth-order valence-electron chi connectivity index (χ4n) is 3.12. The molecule has 9 heteroatoms. The van der Waals surface area contributed by atoms with Crippen LogP contribution in [0, 0.1) is 0 Å². The highest BCUT2D eigenvalue weighted by molar-refractivity contribution is 5.95. The van der Waals surface area contributed by atoms with Crippen molar-refractivity contribution in [2.75, 3.05) is 51.7 Å². The summed E-state index contributed by atoms with van der Waals surface area (Å²) in [5.74, 6) is -0.438. The van der Waals surface area contributed by atoms with E-state index in [-0.39, 0.29) is 23.9 Å². The Morgan fingerprint density at radius 3 is 2.66 bits per heavy atom. The molecule has 29 heavy (non-hydrogen) atoms. The number of esters is 1. The van der Waals surface area contributed by atoms with Crippen molar-refractivity contribution in [3.05, 3.63) is 41.6 Å². The average molecular weight is 401 g/mol. The van der Waals surface area contributed by atoms with Crippen LogP contribution in [0.15, 0.2) is 30.5 Å². The first kappa shape index (κ1) is 20.8. The predicted octanol–water partition coefficient (Wildman–Crippen LogP) is 1.08. The lowest BCUT2D eigenvalue weighted by Gasteiger charge is -2.26. The smallest absolute Gasteiger partial charge is 0.343 e. The van der Waals surface area contributed by atoms with E-state index >= 15 is 0 Å². The number of hydrogen-bond acceptors (Lipinski definition) is 7. The molecule has 1 aliphatic heterocycles. The van der Waals surface area contributed by atoms with Crippen molar-refractivity contribution in [2.24, 2.45) is 0 Å². The quantitative estimate of drug-likeness (QED) is 0.503. The van der Waals surface area contributed by atoms with Crippen LogP contribution < -0.4 is 11.1 Å². The van der Waals surface area contributed by atoms with Gasteiger partial charge in [-0.25, -0.2) is 9.48 Å². The molecule has 0 atom stereocenters. The van der Waals surface area contributed by atoms with Crippen LogP contribution in [0.2, 0.25) is 0 Å². The molecule has 0 unspecified atom stereocenters. The first-order chi connectivity index (χ1) is 14.1. The number of nitrogens with one attached hydrogen (secondary N) is 1. The topological polar surface area (TPSA) is 112 Å². The van der Waals surface area contributed by atoms with Crippen molar-refractivity contribution < 1.29 is 19.1 Å². The van der Waals surface area contributed by atoms with Gasteiger partial charge in [-0.1, -0.05) is 0 Å². The predicted molar refractivity (Wildman–Crippen MR) is 108 cm³/mol. The fourth-order valence-corrected chi connectivity index (χ4v) is 3.12. The van der Waals surface area contributed by atoms with Crippen molar-refractivity contribution in [1.29, 1.82) is 0 Å². The second kappa shape index (κ2) is 10.0. The van der Waals surface area contributed by atoms with Gasteiger partial charge in [0.15, 0.2) is 0 Å². The number of rotatable bonds is 8. The number of carbonyl (C=O) groups is 2. The lowest BCUT2D eigenvalue weighted by molar-refractivity contribution is 0.0374. The molecule has 2 heterocycles. The van der Waals surface area contributed by atoms with Gasteiger partial charge in [0.25, 0.3) is 5.91 Å². The zero-order valence-corrected chi connectivity index (χ0v) is 16.6. The molecule has 1 aromatic carbocycles. The van der Waals surface area contributed by atoms with Crippen LogP contribution in [-0.4, -0.2) is 72.6 Å². The Labute approximate surface area is 169 Å². The van der Waals surface area contributed by atoms with E-state index in [1.807, 2.05) is 0 Å². The van der Waals surface area contributed by atoms with Gasteiger partial charge in [-0.05, 0) is 44.2 Å². The van der Waals surface area contributed by atoms with Crippen molar-refractivity contribution >= 4 is 17.7 Å². The lowest BCUT2D eigenvalue weighted by Crippen LogP contribution is -2.38. The Balaban J connectivity index is 1.53. The van der Waals surface area contributed by atoms with Gasteiger partial charge in [0.1, 0.15) is 11.4 Å². The number of aromatic nitrogens is 2. The first-order valence-electron chi connectivity index (χ1n) is 9.79. The summed E-state index contributed by atoms with van der Waals surface area (Å²) in [5.41, 5.74) is 7.44. The highest BCUT2D eigenvalue weighted by atomic mass is 16.5. The molecule has 1 amide bonds. The standard InChI is InChI=1S/C20H27N5O4/c1-2-29-20(27)17-14-23-25(18(17)21)16-6-4-15(5-7-16)19(26)22-8-3-9-24-10-12-28-13-11-24/h4-7,14H,2-3,8-13,21H2,1H3,(H,22,26). The van der Waals surface area contributed by atoms with Crippen LogP contribution >= 0.6 is 0 Å². The normalized spacial score (nSPS) is 14.5. The maximum atomic E-state index is 12.3. The van der Waals surface area contributed by atoms with Crippen molar-refractivity contribution in [1.82, 2.24) is 20.0 Å². The maximum Gasteiger partial charge on any atom is 0.343 e. The summed E-state index contributed by atoms with van der Waals surface area (Å²) >= 11 is 0. The molecule has 0 spiro atoms.